The van der Waals surface area contributed by atoms with Gasteiger partial charge in [-0.15, -0.1) is 0 Å². The van der Waals surface area contributed by atoms with Crippen LogP contribution in [0.4, 0.5) is 0 Å². The fraction of sp³-hybridized carbons (Fsp3) is 0.923. The molecule has 0 saturated heterocycles. The average Bonchev–Trinajstić information content (AvgIpc) is 2.34. The summed E-state index contributed by atoms with van der Waals surface area (Å²) in [6, 6.07) is 0. The monoisotopic (exact) mass is 244 g/mol. The Morgan fingerprint density at radius 1 is 1.24 bits per heavy atom. The molecule has 4 N–H and O–H groups in total. The van der Waals surface area contributed by atoms with Crippen LogP contribution in [0.15, 0.2) is 0 Å². The quantitative estimate of drug-likeness (QED) is 0.572. The highest BCUT2D eigenvalue weighted by Gasteiger charge is 2.17. The van der Waals surface area contributed by atoms with Gasteiger partial charge in [0, 0.05) is 13.0 Å². The average molecular weight is 244 g/mol. The SMILES string of the molecule is CCC(CN)CC(=O)NCC(O)C(CC)CC. The Balaban J connectivity index is 3.90. The predicted molar refractivity (Wildman–Crippen MR) is 70.5 cm³/mol. The summed E-state index contributed by atoms with van der Waals surface area (Å²) in [5, 5.41) is 12.7. The van der Waals surface area contributed by atoms with E-state index in [1.165, 1.54) is 0 Å². The third-order valence-electron chi connectivity index (χ3n) is 3.49. The number of hydrogen-bond donors (Lipinski definition) is 3. The van der Waals surface area contributed by atoms with Gasteiger partial charge < -0.3 is 16.2 Å². The number of amides is 1. The van der Waals surface area contributed by atoms with Gasteiger partial charge in [0.25, 0.3) is 0 Å². The number of nitrogens with two attached hydrogens (primary N) is 1. The Morgan fingerprint density at radius 2 is 1.82 bits per heavy atom. The van der Waals surface area contributed by atoms with Gasteiger partial charge in [0.15, 0.2) is 0 Å². The fourth-order valence-electron chi connectivity index (χ4n) is 1.95. The molecular formula is C13H28N2O2. The summed E-state index contributed by atoms with van der Waals surface area (Å²) in [5.74, 6) is 0.513. The molecule has 0 bridgehead atoms. The van der Waals surface area contributed by atoms with E-state index in [2.05, 4.69) is 19.2 Å². The van der Waals surface area contributed by atoms with E-state index in [9.17, 15) is 9.90 Å². The summed E-state index contributed by atoms with van der Waals surface area (Å²) in [5.41, 5.74) is 5.55. The molecule has 0 aromatic rings. The van der Waals surface area contributed by atoms with Crippen LogP contribution < -0.4 is 11.1 Å². The van der Waals surface area contributed by atoms with Gasteiger partial charge in [0.1, 0.15) is 0 Å². The molecule has 0 aromatic heterocycles. The minimum atomic E-state index is -0.438. The first-order chi connectivity index (χ1) is 8.08. The summed E-state index contributed by atoms with van der Waals surface area (Å²) in [6.45, 7) is 7.04. The smallest absolute Gasteiger partial charge is 0.220 e. The van der Waals surface area contributed by atoms with Crippen LogP contribution >= 0.6 is 0 Å². The first-order valence-electron chi connectivity index (χ1n) is 6.73. The molecule has 0 fully saturated rings. The van der Waals surface area contributed by atoms with E-state index in [1.54, 1.807) is 0 Å². The van der Waals surface area contributed by atoms with Crippen LogP contribution in [0.2, 0.25) is 0 Å². The van der Waals surface area contributed by atoms with Crippen molar-refractivity contribution >= 4 is 5.91 Å². The van der Waals surface area contributed by atoms with Gasteiger partial charge in [-0.1, -0.05) is 40.0 Å². The lowest BCUT2D eigenvalue weighted by Gasteiger charge is -2.21. The Hall–Kier alpha value is -0.610. The maximum Gasteiger partial charge on any atom is 0.220 e. The number of hydrogen-bond acceptors (Lipinski definition) is 3. The largest absolute Gasteiger partial charge is 0.391 e. The number of rotatable bonds is 9. The molecule has 1 amide bonds. The summed E-state index contributed by atoms with van der Waals surface area (Å²) in [4.78, 5) is 11.6. The number of aliphatic hydroxyl groups excluding tert-OH is 1. The van der Waals surface area contributed by atoms with Gasteiger partial charge in [-0.25, -0.2) is 0 Å². The van der Waals surface area contributed by atoms with Gasteiger partial charge in [0.05, 0.1) is 6.10 Å². The van der Waals surface area contributed by atoms with Crippen molar-refractivity contribution in [3.05, 3.63) is 0 Å². The second-order valence-corrected chi connectivity index (χ2v) is 4.66. The Kier molecular flexibility index (Phi) is 9.09. The molecule has 17 heavy (non-hydrogen) atoms. The lowest BCUT2D eigenvalue weighted by atomic mass is 9.96. The van der Waals surface area contributed by atoms with Crippen molar-refractivity contribution in [2.75, 3.05) is 13.1 Å². The summed E-state index contributed by atoms with van der Waals surface area (Å²) < 4.78 is 0. The normalized spacial score (nSPS) is 14.7. The second kappa shape index (κ2) is 9.42. The fourth-order valence-corrected chi connectivity index (χ4v) is 1.95. The molecule has 0 aliphatic heterocycles. The van der Waals surface area contributed by atoms with Gasteiger partial charge in [-0.2, -0.15) is 0 Å². The van der Waals surface area contributed by atoms with E-state index in [-0.39, 0.29) is 17.7 Å². The third-order valence-corrected chi connectivity index (χ3v) is 3.49. The second-order valence-electron chi connectivity index (χ2n) is 4.66. The highest BCUT2D eigenvalue weighted by Crippen LogP contribution is 2.12. The molecule has 0 spiro atoms. The molecule has 0 aliphatic carbocycles. The zero-order chi connectivity index (χ0) is 13.3. The van der Waals surface area contributed by atoms with E-state index in [0.29, 0.717) is 19.5 Å². The number of carbonyl (C=O) groups excluding carboxylic acids is 1. The zero-order valence-electron chi connectivity index (χ0n) is 11.4. The molecular weight excluding hydrogens is 216 g/mol. The third kappa shape index (κ3) is 6.64. The lowest BCUT2D eigenvalue weighted by molar-refractivity contribution is -0.122. The standard InChI is InChI=1S/C13H28N2O2/c1-4-10(8-14)7-13(17)15-9-12(16)11(5-2)6-3/h10-12,16H,4-9,14H2,1-3H3,(H,15,17). The number of aliphatic hydroxyl groups is 1. The molecule has 0 aromatic carbocycles. The van der Waals surface area contributed by atoms with Crippen LogP contribution in [-0.2, 0) is 4.79 Å². The van der Waals surface area contributed by atoms with E-state index in [4.69, 9.17) is 5.73 Å². The molecule has 4 heteroatoms. The molecule has 2 unspecified atom stereocenters. The molecule has 0 aliphatic rings. The Bertz CT molecular complexity index is 202. The van der Waals surface area contributed by atoms with Gasteiger partial charge in [-0.05, 0) is 18.4 Å². The van der Waals surface area contributed by atoms with Crippen LogP contribution in [0.1, 0.15) is 46.5 Å². The van der Waals surface area contributed by atoms with E-state index in [0.717, 1.165) is 19.3 Å². The Labute approximate surface area is 105 Å². The van der Waals surface area contributed by atoms with Crippen LogP contribution in [0, 0.1) is 11.8 Å². The molecule has 102 valence electrons. The topological polar surface area (TPSA) is 75.4 Å². The molecule has 0 saturated carbocycles. The molecule has 0 radical (unpaired) electrons. The molecule has 4 nitrogen and oxygen atoms in total. The van der Waals surface area contributed by atoms with Gasteiger partial charge in [-0.3, -0.25) is 4.79 Å². The van der Waals surface area contributed by atoms with Gasteiger partial charge >= 0.3 is 0 Å². The van der Waals surface area contributed by atoms with Crippen LogP contribution in [0.5, 0.6) is 0 Å². The Morgan fingerprint density at radius 3 is 2.24 bits per heavy atom. The van der Waals surface area contributed by atoms with Crippen molar-refractivity contribution in [1.82, 2.24) is 5.32 Å². The molecule has 0 rings (SSSR count). The van der Waals surface area contributed by atoms with Crippen molar-refractivity contribution in [2.24, 2.45) is 17.6 Å². The van der Waals surface area contributed by atoms with Crippen LogP contribution in [0.3, 0.4) is 0 Å². The lowest BCUT2D eigenvalue weighted by Crippen LogP contribution is -2.37. The zero-order valence-corrected chi connectivity index (χ0v) is 11.4. The van der Waals surface area contributed by atoms with Crippen LogP contribution in [0.25, 0.3) is 0 Å². The van der Waals surface area contributed by atoms with Crippen molar-refractivity contribution in [3.63, 3.8) is 0 Å². The van der Waals surface area contributed by atoms with Crippen molar-refractivity contribution < 1.29 is 9.90 Å². The molecule has 2 atom stereocenters. The van der Waals surface area contributed by atoms with E-state index < -0.39 is 6.10 Å². The first kappa shape index (κ1) is 16.4. The predicted octanol–water partition coefficient (Wildman–Crippen LogP) is 1.27. The van der Waals surface area contributed by atoms with E-state index in [1.807, 2.05) is 6.92 Å². The maximum absolute atomic E-state index is 11.6. The van der Waals surface area contributed by atoms with Crippen molar-refractivity contribution in [2.45, 2.75) is 52.6 Å². The highest BCUT2D eigenvalue weighted by molar-refractivity contribution is 5.76. The first-order valence-corrected chi connectivity index (χ1v) is 6.73. The van der Waals surface area contributed by atoms with Gasteiger partial charge in [0.2, 0.25) is 5.91 Å². The minimum absolute atomic E-state index is 0.00712. The van der Waals surface area contributed by atoms with Crippen LogP contribution in [-0.4, -0.2) is 30.2 Å². The number of carbonyl (C=O) groups is 1. The summed E-state index contributed by atoms with van der Waals surface area (Å²) in [6.07, 6.45) is 2.82. The summed E-state index contributed by atoms with van der Waals surface area (Å²) >= 11 is 0. The maximum atomic E-state index is 11.6. The highest BCUT2D eigenvalue weighted by atomic mass is 16.3. The molecule has 0 heterocycles. The minimum Gasteiger partial charge on any atom is -0.391 e. The van der Waals surface area contributed by atoms with E-state index >= 15 is 0 Å². The van der Waals surface area contributed by atoms with Crippen molar-refractivity contribution in [1.29, 1.82) is 0 Å². The summed E-state index contributed by atoms with van der Waals surface area (Å²) in [7, 11) is 0. The van der Waals surface area contributed by atoms with Crippen molar-refractivity contribution in [3.8, 4) is 0 Å². The number of nitrogens with one attached hydrogen (secondary N) is 1.